The van der Waals surface area contributed by atoms with Crippen LogP contribution in [-0.4, -0.2) is 64.3 Å². The molecular weight excluding hydrogens is 442 g/mol. The smallest absolute Gasteiger partial charge is 0.261 e. The van der Waals surface area contributed by atoms with Crippen molar-refractivity contribution in [2.45, 2.75) is 25.9 Å². The first-order valence-corrected chi connectivity index (χ1v) is 12.4. The Bertz CT molecular complexity index is 1470. The summed E-state index contributed by atoms with van der Waals surface area (Å²) in [6, 6.07) is 15.8. The highest BCUT2D eigenvalue weighted by Crippen LogP contribution is 2.36. The molecule has 4 aromatic rings. The van der Waals surface area contributed by atoms with Gasteiger partial charge in [-0.15, -0.1) is 0 Å². The van der Waals surface area contributed by atoms with E-state index in [-0.39, 0.29) is 11.5 Å². The highest BCUT2D eigenvalue weighted by Gasteiger charge is 2.27. The van der Waals surface area contributed by atoms with Crippen LogP contribution in [0.15, 0.2) is 53.3 Å². The van der Waals surface area contributed by atoms with E-state index in [2.05, 4.69) is 26.9 Å². The standard InChI is InChI=1S/C27H29N5O3/c33-24(28-11-14-30-15-17-35-18-16-30)10-13-31-23-8-4-2-5-19(23)20-9-12-32-26(25(20)31)29-22-7-3-1-6-21(22)27(32)34/h1-8H,9-18H2,(H,28,33). The number of fused-ring (bicyclic) bond motifs is 6. The molecule has 35 heavy (non-hydrogen) atoms. The number of amides is 1. The molecule has 2 aromatic heterocycles. The van der Waals surface area contributed by atoms with Gasteiger partial charge in [-0.2, -0.15) is 0 Å². The van der Waals surface area contributed by atoms with Gasteiger partial charge < -0.3 is 14.6 Å². The Morgan fingerprint density at radius 3 is 2.60 bits per heavy atom. The maximum absolute atomic E-state index is 13.3. The first-order valence-electron chi connectivity index (χ1n) is 12.4. The van der Waals surface area contributed by atoms with Gasteiger partial charge in [0.2, 0.25) is 5.91 Å². The van der Waals surface area contributed by atoms with Gasteiger partial charge in [0.15, 0.2) is 5.82 Å². The molecule has 8 heteroatoms. The minimum atomic E-state index is -0.00564. The van der Waals surface area contributed by atoms with E-state index < -0.39 is 0 Å². The zero-order valence-electron chi connectivity index (χ0n) is 19.7. The molecule has 0 radical (unpaired) electrons. The number of carbonyl (C=O) groups excluding carboxylic acids is 1. The molecular formula is C27H29N5O3. The normalized spacial score (nSPS) is 15.8. The van der Waals surface area contributed by atoms with Crippen LogP contribution in [0.1, 0.15) is 12.0 Å². The quantitative estimate of drug-likeness (QED) is 0.467. The molecule has 0 atom stereocenters. The number of nitrogens with zero attached hydrogens (tertiary/aromatic N) is 4. The van der Waals surface area contributed by atoms with Crippen molar-refractivity contribution in [1.82, 2.24) is 24.3 Å². The van der Waals surface area contributed by atoms with Crippen LogP contribution >= 0.6 is 0 Å². The Kier molecular flexibility index (Phi) is 5.83. The van der Waals surface area contributed by atoms with Crippen molar-refractivity contribution in [2.75, 3.05) is 39.4 Å². The highest BCUT2D eigenvalue weighted by atomic mass is 16.5. The number of aromatic nitrogens is 3. The van der Waals surface area contributed by atoms with Crippen LogP contribution in [-0.2, 0) is 29.0 Å². The molecule has 0 aliphatic carbocycles. The molecule has 4 heterocycles. The third-order valence-electron chi connectivity index (χ3n) is 7.15. The minimum Gasteiger partial charge on any atom is -0.379 e. The number of hydrogen-bond acceptors (Lipinski definition) is 5. The zero-order valence-corrected chi connectivity index (χ0v) is 19.7. The maximum Gasteiger partial charge on any atom is 0.261 e. The van der Waals surface area contributed by atoms with E-state index in [9.17, 15) is 9.59 Å². The predicted octanol–water partition coefficient (Wildman–Crippen LogP) is 2.41. The second-order valence-corrected chi connectivity index (χ2v) is 9.21. The van der Waals surface area contributed by atoms with E-state index in [4.69, 9.17) is 9.72 Å². The van der Waals surface area contributed by atoms with Crippen molar-refractivity contribution in [2.24, 2.45) is 0 Å². The van der Waals surface area contributed by atoms with Gasteiger partial charge in [0, 0.05) is 56.6 Å². The van der Waals surface area contributed by atoms with Gasteiger partial charge in [0.05, 0.1) is 29.8 Å². The lowest BCUT2D eigenvalue weighted by molar-refractivity contribution is -0.121. The molecule has 2 aliphatic heterocycles. The Hall–Kier alpha value is -3.49. The maximum atomic E-state index is 13.3. The van der Waals surface area contributed by atoms with Crippen LogP contribution < -0.4 is 10.9 Å². The number of carbonyl (C=O) groups is 1. The largest absolute Gasteiger partial charge is 0.379 e. The molecule has 0 bridgehead atoms. The fourth-order valence-electron chi connectivity index (χ4n) is 5.38. The third-order valence-corrected chi connectivity index (χ3v) is 7.15. The van der Waals surface area contributed by atoms with Crippen LogP contribution in [0.25, 0.3) is 33.3 Å². The zero-order chi connectivity index (χ0) is 23.8. The summed E-state index contributed by atoms with van der Waals surface area (Å²) in [6.45, 7) is 5.95. The number of para-hydroxylation sites is 2. The summed E-state index contributed by atoms with van der Waals surface area (Å²) in [5, 5.41) is 4.88. The van der Waals surface area contributed by atoms with Gasteiger partial charge >= 0.3 is 0 Å². The van der Waals surface area contributed by atoms with Gasteiger partial charge in [-0.1, -0.05) is 30.3 Å². The summed E-state index contributed by atoms with van der Waals surface area (Å²) in [7, 11) is 0. The molecule has 2 aliphatic rings. The monoisotopic (exact) mass is 471 g/mol. The summed E-state index contributed by atoms with van der Waals surface area (Å²) >= 11 is 0. The topological polar surface area (TPSA) is 81.4 Å². The van der Waals surface area contributed by atoms with Crippen LogP contribution in [0.3, 0.4) is 0 Å². The summed E-state index contributed by atoms with van der Waals surface area (Å²) < 4.78 is 9.36. The van der Waals surface area contributed by atoms with Crippen molar-refractivity contribution in [3.05, 3.63) is 64.4 Å². The van der Waals surface area contributed by atoms with Crippen LogP contribution in [0.2, 0.25) is 0 Å². The van der Waals surface area contributed by atoms with Gasteiger partial charge in [-0.25, -0.2) is 4.98 Å². The lowest BCUT2D eigenvalue weighted by atomic mass is 10.0. The summed E-state index contributed by atoms with van der Waals surface area (Å²) in [5.41, 5.74) is 3.94. The number of hydrogen-bond donors (Lipinski definition) is 1. The molecule has 1 fully saturated rings. The molecule has 6 rings (SSSR count). The van der Waals surface area contributed by atoms with Gasteiger partial charge in [0.1, 0.15) is 0 Å². The minimum absolute atomic E-state index is 0.00564. The van der Waals surface area contributed by atoms with Crippen molar-refractivity contribution >= 4 is 27.7 Å². The van der Waals surface area contributed by atoms with Gasteiger partial charge in [-0.3, -0.25) is 19.1 Å². The number of ether oxygens (including phenoxy) is 1. The average molecular weight is 472 g/mol. The summed E-state index contributed by atoms with van der Waals surface area (Å²) in [6.07, 6.45) is 1.13. The summed E-state index contributed by atoms with van der Waals surface area (Å²) in [5.74, 6) is 0.725. The SMILES string of the molecule is O=C(CCn1c2c(c3ccccc31)CCn1c-2nc2ccccc2c1=O)NCCN1CCOCC1. The van der Waals surface area contributed by atoms with Crippen molar-refractivity contribution in [1.29, 1.82) is 0 Å². The van der Waals surface area contributed by atoms with Crippen LogP contribution in [0.5, 0.6) is 0 Å². The van der Waals surface area contributed by atoms with Gasteiger partial charge in [0.25, 0.3) is 5.56 Å². The van der Waals surface area contributed by atoms with E-state index in [1.165, 1.54) is 10.9 Å². The molecule has 1 amide bonds. The highest BCUT2D eigenvalue weighted by molar-refractivity contribution is 5.92. The predicted molar refractivity (Wildman–Crippen MR) is 136 cm³/mol. The van der Waals surface area contributed by atoms with E-state index in [0.29, 0.717) is 42.8 Å². The van der Waals surface area contributed by atoms with E-state index in [1.807, 2.05) is 36.4 Å². The average Bonchev–Trinajstić information content (AvgIpc) is 3.22. The second kappa shape index (κ2) is 9.28. The lowest BCUT2D eigenvalue weighted by Crippen LogP contribution is -2.41. The van der Waals surface area contributed by atoms with Gasteiger partial charge in [-0.05, 0) is 30.2 Å². The first-order chi connectivity index (χ1) is 17.2. The summed E-state index contributed by atoms with van der Waals surface area (Å²) in [4.78, 5) is 33.2. The molecule has 1 saturated heterocycles. The van der Waals surface area contributed by atoms with Crippen LogP contribution in [0.4, 0.5) is 0 Å². The molecule has 0 saturated carbocycles. The molecule has 0 spiro atoms. The van der Waals surface area contributed by atoms with Crippen LogP contribution in [0, 0.1) is 0 Å². The fraction of sp³-hybridized carbons (Fsp3) is 0.370. The number of rotatable bonds is 6. The first kappa shape index (κ1) is 22.0. The third kappa shape index (κ3) is 4.02. The number of benzene rings is 2. The lowest BCUT2D eigenvalue weighted by Gasteiger charge is -2.26. The van der Waals surface area contributed by atoms with Crippen molar-refractivity contribution in [3.63, 3.8) is 0 Å². The molecule has 1 N–H and O–H groups in total. The Morgan fingerprint density at radius 1 is 0.971 bits per heavy atom. The Morgan fingerprint density at radius 2 is 1.74 bits per heavy atom. The Balaban J connectivity index is 1.30. The molecule has 2 aromatic carbocycles. The van der Waals surface area contributed by atoms with E-state index in [0.717, 1.165) is 50.5 Å². The van der Waals surface area contributed by atoms with Crippen molar-refractivity contribution in [3.8, 4) is 11.5 Å². The van der Waals surface area contributed by atoms with E-state index >= 15 is 0 Å². The number of nitrogens with one attached hydrogen (secondary N) is 1. The molecule has 0 unspecified atom stereocenters. The number of morpholine rings is 1. The Labute approximate surface area is 203 Å². The van der Waals surface area contributed by atoms with E-state index in [1.54, 1.807) is 4.57 Å². The molecule has 180 valence electrons. The fourth-order valence-corrected chi connectivity index (χ4v) is 5.38. The second-order valence-electron chi connectivity index (χ2n) is 9.21. The van der Waals surface area contributed by atoms with Crippen molar-refractivity contribution < 1.29 is 9.53 Å². The molecule has 8 nitrogen and oxygen atoms in total. The number of aryl methyl sites for hydroxylation is 2.